The molecule has 0 spiro atoms. The molecule has 0 unspecified atom stereocenters. The third-order valence-electron chi connectivity index (χ3n) is 4.96. The molecule has 2 rings (SSSR count). The number of hydrogen-bond donors (Lipinski definition) is 1. The first-order chi connectivity index (χ1) is 9.24. The summed E-state index contributed by atoms with van der Waals surface area (Å²) >= 11 is 0. The van der Waals surface area contributed by atoms with Crippen LogP contribution in [0.5, 0.6) is 0 Å². The number of carbonyl (C=O) groups is 1. The Hall–Kier alpha value is -0.570. The van der Waals surface area contributed by atoms with Crippen molar-refractivity contribution in [3.8, 4) is 0 Å². The Morgan fingerprint density at radius 2 is 1.58 bits per heavy atom. The van der Waals surface area contributed by atoms with Gasteiger partial charge in [-0.1, -0.05) is 25.7 Å². The summed E-state index contributed by atoms with van der Waals surface area (Å²) in [6, 6.07) is 0. The molecule has 0 aromatic rings. The van der Waals surface area contributed by atoms with Gasteiger partial charge in [0.1, 0.15) is 0 Å². The van der Waals surface area contributed by atoms with E-state index in [2.05, 4.69) is 4.90 Å². The standard InChI is InChI=1S/C16H29NO2/c18-16(19)8-7-14-9-11-17(12-10-14)13-15-5-3-1-2-4-6-15/h14-15H,1-13H2,(H,18,19). The van der Waals surface area contributed by atoms with Gasteiger partial charge in [-0.15, -0.1) is 0 Å². The van der Waals surface area contributed by atoms with Crippen LogP contribution in [-0.2, 0) is 4.79 Å². The van der Waals surface area contributed by atoms with E-state index in [4.69, 9.17) is 5.11 Å². The number of carboxylic acid groups (broad SMARTS) is 1. The molecule has 0 amide bonds. The van der Waals surface area contributed by atoms with Crippen molar-refractivity contribution in [3.63, 3.8) is 0 Å². The normalized spacial score (nSPS) is 24.2. The van der Waals surface area contributed by atoms with Gasteiger partial charge in [0.15, 0.2) is 0 Å². The lowest BCUT2D eigenvalue weighted by molar-refractivity contribution is -0.137. The van der Waals surface area contributed by atoms with Gasteiger partial charge in [-0.3, -0.25) is 4.79 Å². The first-order valence-corrected chi connectivity index (χ1v) is 8.18. The van der Waals surface area contributed by atoms with E-state index in [1.165, 1.54) is 71.0 Å². The molecule has 1 heterocycles. The first kappa shape index (κ1) is 14.8. The number of likely N-dealkylation sites (tertiary alicyclic amines) is 1. The van der Waals surface area contributed by atoms with Crippen LogP contribution in [0.1, 0.15) is 64.2 Å². The average molecular weight is 267 g/mol. The lowest BCUT2D eigenvalue weighted by Gasteiger charge is -2.34. The average Bonchev–Trinajstić information content (AvgIpc) is 2.66. The molecule has 19 heavy (non-hydrogen) atoms. The molecular weight excluding hydrogens is 238 g/mol. The van der Waals surface area contributed by atoms with Crippen molar-refractivity contribution in [2.75, 3.05) is 19.6 Å². The highest BCUT2D eigenvalue weighted by Crippen LogP contribution is 2.27. The summed E-state index contributed by atoms with van der Waals surface area (Å²) < 4.78 is 0. The van der Waals surface area contributed by atoms with E-state index in [-0.39, 0.29) is 0 Å². The van der Waals surface area contributed by atoms with Crippen molar-refractivity contribution in [3.05, 3.63) is 0 Å². The fraction of sp³-hybridized carbons (Fsp3) is 0.938. The van der Waals surface area contributed by atoms with Gasteiger partial charge in [0.25, 0.3) is 0 Å². The Morgan fingerprint density at radius 3 is 2.16 bits per heavy atom. The Kier molecular flexibility index (Phi) is 6.15. The molecule has 110 valence electrons. The maximum Gasteiger partial charge on any atom is 0.303 e. The van der Waals surface area contributed by atoms with Gasteiger partial charge in [-0.2, -0.15) is 0 Å². The maximum absolute atomic E-state index is 10.6. The van der Waals surface area contributed by atoms with Gasteiger partial charge in [0.05, 0.1) is 0 Å². The van der Waals surface area contributed by atoms with Crippen LogP contribution < -0.4 is 0 Å². The molecule has 3 heteroatoms. The molecule has 3 nitrogen and oxygen atoms in total. The van der Waals surface area contributed by atoms with Gasteiger partial charge in [-0.05, 0) is 57.0 Å². The number of rotatable bonds is 5. The molecular formula is C16H29NO2. The third-order valence-corrected chi connectivity index (χ3v) is 4.96. The zero-order valence-corrected chi connectivity index (χ0v) is 12.1. The molecule has 1 saturated carbocycles. The zero-order chi connectivity index (χ0) is 13.5. The molecule has 2 fully saturated rings. The number of aliphatic carboxylic acids is 1. The molecule has 0 atom stereocenters. The maximum atomic E-state index is 10.6. The second-order valence-corrected chi connectivity index (χ2v) is 6.53. The topological polar surface area (TPSA) is 40.5 Å². The largest absolute Gasteiger partial charge is 0.481 e. The fourth-order valence-corrected chi connectivity index (χ4v) is 3.70. The summed E-state index contributed by atoms with van der Waals surface area (Å²) in [7, 11) is 0. The molecule has 2 aliphatic rings. The lowest BCUT2D eigenvalue weighted by Crippen LogP contribution is -2.37. The minimum atomic E-state index is -0.638. The molecule has 0 radical (unpaired) electrons. The second-order valence-electron chi connectivity index (χ2n) is 6.53. The Morgan fingerprint density at radius 1 is 0.947 bits per heavy atom. The highest BCUT2D eigenvalue weighted by molar-refractivity contribution is 5.66. The van der Waals surface area contributed by atoms with E-state index in [1.807, 2.05) is 0 Å². The molecule has 1 aliphatic carbocycles. The zero-order valence-electron chi connectivity index (χ0n) is 12.1. The van der Waals surface area contributed by atoms with Crippen molar-refractivity contribution < 1.29 is 9.90 Å². The number of nitrogens with zero attached hydrogens (tertiary/aromatic N) is 1. The lowest BCUT2D eigenvalue weighted by atomic mass is 9.91. The number of carboxylic acids is 1. The predicted octanol–water partition coefficient (Wildman–Crippen LogP) is 3.53. The highest BCUT2D eigenvalue weighted by Gasteiger charge is 2.22. The molecule has 0 bridgehead atoms. The van der Waals surface area contributed by atoms with Crippen molar-refractivity contribution in [1.82, 2.24) is 4.90 Å². The van der Waals surface area contributed by atoms with Crippen LogP contribution in [0.3, 0.4) is 0 Å². The smallest absolute Gasteiger partial charge is 0.303 e. The van der Waals surface area contributed by atoms with E-state index in [1.54, 1.807) is 0 Å². The summed E-state index contributed by atoms with van der Waals surface area (Å²) in [4.78, 5) is 13.2. The van der Waals surface area contributed by atoms with Crippen molar-refractivity contribution in [2.24, 2.45) is 11.8 Å². The van der Waals surface area contributed by atoms with Crippen molar-refractivity contribution in [2.45, 2.75) is 64.2 Å². The van der Waals surface area contributed by atoms with Gasteiger partial charge >= 0.3 is 5.97 Å². The molecule has 0 aromatic heterocycles. The Labute approximate surface area is 117 Å². The van der Waals surface area contributed by atoms with E-state index in [0.29, 0.717) is 12.3 Å². The summed E-state index contributed by atoms with van der Waals surface area (Å²) in [5.41, 5.74) is 0. The van der Waals surface area contributed by atoms with E-state index in [9.17, 15) is 4.79 Å². The fourth-order valence-electron chi connectivity index (χ4n) is 3.70. The quantitative estimate of drug-likeness (QED) is 0.775. The van der Waals surface area contributed by atoms with E-state index in [0.717, 1.165) is 12.3 Å². The van der Waals surface area contributed by atoms with Crippen LogP contribution in [0.2, 0.25) is 0 Å². The first-order valence-electron chi connectivity index (χ1n) is 8.18. The van der Waals surface area contributed by atoms with Gasteiger partial charge in [-0.25, -0.2) is 0 Å². The SMILES string of the molecule is O=C(O)CCC1CCN(CC2CCCCCC2)CC1. The van der Waals surface area contributed by atoms with Gasteiger partial charge in [0, 0.05) is 13.0 Å². The van der Waals surface area contributed by atoms with Crippen molar-refractivity contribution in [1.29, 1.82) is 0 Å². The van der Waals surface area contributed by atoms with Crippen LogP contribution in [0.25, 0.3) is 0 Å². The Bertz CT molecular complexity index is 264. The van der Waals surface area contributed by atoms with E-state index >= 15 is 0 Å². The van der Waals surface area contributed by atoms with Crippen LogP contribution in [-0.4, -0.2) is 35.6 Å². The van der Waals surface area contributed by atoms with Crippen LogP contribution in [0.15, 0.2) is 0 Å². The van der Waals surface area contributed by atoms with Crippen LogP contribution >= 0.6 is 0 Å². The van der Waals surface area contributed by atoms with Crippen LogP contribution in [0.4, 0.5) is 0 Å². The van der Waals surface area contributed by atoms with Crippen molar-refractivity contribution >= 4 is 5.97 Å². The third kappa shape index (κ3) is 5.52. The molecule has 1 aliphatic heterocycles. The minimum Gasteiger partial charge on any atom is -0.481 e. The van der Waals surface area contributed by atoms with Crippen LogP contribution in [0, 0.1) is 11.8 Å². The molecule has 1 saturated heterocycles. The summed E-state index contributed by atoms with van der Waals surface area (Å²) in [6.07, 6.45) is 12.2. The summed E-state index contributed by atoms with van der Waals surface area (Å²) in [6.45, 7) is 3.69. The van der Waals surface area contributed by atoms with Gasteiger partial charge in [0.2, 0.25) is 0 Å². The second kappa shape index (κ2) is 7.88. The number of hydrogen-bond acceptors (Lipinski definition) is 2. The highest BCUT2D eigenvalue weighted by atomic mass is 16.4. The monoisotopic (exact) mass is 267 g/mol. The predicted molar refractivity (Wildman–Crippen MR) is 77.2 cm³/mol. The Balaban J connectivity index is 1.63. The molecule has 1 N–H and O–H groups in total. The van der Waals surface area contributed by atoms with Gasteiger partial charge < -0.3 is 10.0 Å². The summed E-state index contributed by atoms with van der Waals surface area (Å²) in [5.74, 6) is 0.945. The minimum absolute atomic E-state index is 0.354. The number of piperidine rings is 1. The van der Waals surface area contributed by atoms with E-state index < -0.39 is 5.97 Å². The summed E-state index contributed by atoms with van der Waals surface area (Å²) in [5, 5.41) is 8.73. The molecule has 0 aromatic carbocycles.